The number of para-hydroxylation sites is 2. The van der Waals surface area contributed by atoms with Gasteiger partial charge in [0.1, 0.15) is 22.3 Å². The van der Waals surface area contributed by atoms with E-state index in [1.807, 2.05) is 24.3 Å². The maximum absolute atomic E-state index is 9.74. The molecule has 0 spiro atoms. The fourth-order valence-corrected chi connectivity index (χ4v) is 3.60. The van der Waals surface area contributed by atoms with E-state index in [2.05, 4.69) is 19.9 Å². The number of rotatable bonds is 3. The summed E-state index contributed by atoms with van der Waals surface area (Å²) >= 11 is 5.71. The van der Waals surface area contributed by atoms with Gasteiger partial charge in [0.2, 0.25) is 0 Å². The van der Waals surface area contributed by atoms with Crippen LogP contribution in [0.2, 0.25) is 0 Å². The monoisotopic (exact) mass is 355 g/mol. The van der Waals surface area contributed by atoms with Gasteiger partial charge in [-0.3, -0.25) is 4.57 Å². The second-order valence-electron chi connectivity index (χ2n) is 6.44. The van der Waals surface area contributed by atoms with Crippen molar-refractivity contribution in [2.45, 2.75) is 33.0 Å². The zero-order valence-corrected chi connectivity index (χ0v) is 15.4. The minimum atomic E-state index is 0.0653. The maximum atomic E-state index is 9.74. The van der Waals surface area contributed by atoms with Crippen molar-refractivity contribution in [2.75, 3.05) is 12.8 Å². The van der Waals surface area contributed by atoms with E-state index in [4.69, 9.17) is 27.4 Å². The first kappa shape index (κ1) is 17.5. The topological polar surface area (TPSA) is 73.2 Å². The third-order valence-corrected chi connectivity index (χ3v) is 5.08. The molecular weight excluding hydrogens is 334 g/mol. The molecule has 0 saturated carbocycles. The van der Waals surface area contributed by atoms with Crippen LogP contribution in [0.15, 0.2) is 24.3 Å². The van der Waals surface area contributed by atoms with Gasteiger partial charge >= 0.3 is 0 Å². The van der Waals surface area contributed by atoms with Gasteiger partial charge in [-0.2, -0.15) is 5.26 Å². The second-order valence-corrected chi connectivity index (χ2v) is 6.83. The first-order valence-electron chi connectivity index (χ1n) is 8.20. The molecule has 130 valence electrons. The number of hydrogen-bond donors (Lipinski definition) is 1. The highest BCUT2D eigenvalue weighted by molar-refractivity contribution is 7.71. The van der Waals surface area contributed by atoms with E-state index in [9.17, 15) is 5.26 Å². The molecule has 0 bridgehead atoms. The van der Waals surface area contributed by atoms with E-state index < -0.39 is 0 Å². The van der Waals surface area contributed by atoms with Crippen LogP contribution in [0.1, 0.15) is 30.5 Å². The number of hydrogen-bond acceptors (Lipinski definition) is 5. The zero-order chi connectivity index (χ0) is 18.1. The van der Waals surface area contributed by atoms with Gasteiger partial charge in [0, 0.05) is 12.0 Å². The summed E-state index contributed by atoms with van der Waals surface area (Å²) in [6.07, 6.45) is 0.715. The van der Waals surface area contributed by atoms with Crippen molar-refractivity contribution in [1.29, 1.82) is 5.26 Å². The summed E-state index contributed by atoms with van der Waals surface area (Å²) < 4.78 is 13.7. The normalized spacial score (nSPS) is 16.4. The van der Waals surface area contributed by atoms with Gasteiger partial charge in [0.15, 0.2) is 0 Å². The lowest BCUT2D eigenvalue weighted by Gasteiger charge is -2.30. The summed E-state index contributed by atoms with van der Waals surface area (Å²) in [5.41, 5.74) is 9.35. The molecule has 25 heavy (non-hydrogen) atoms. The van der Waals surface area contributed by atoms with Gasteiger partial charge in [0.05, 0.1) is 31.1 Å². The SMILES string of the molecule is COc1ccccc1-n1c(N)c(C#N)c2c(c1=S)COC(C(C)C)C2. The highest BCUT2D eigenvalue weighted by atomic mass is 32.1. The first-order valence-corrected chi connectivity index (χ1v) is 8.61. The van der Waals surface area contributed by atoms with Gasteiger partial charge < -0.3 is 15.2 Å². The molecule has 6 heteroatoms. The van der Waals surface area contributed by atoms with Gasteiger partial charge in [-0.25, -0.2) is 0 Å². The van der Waals surface area contributed by atoms with Crippen molar-refractivity contribution < 1.29 is 9.47 Å². The number of nitrogens with zero attached hydrogens (tertiary/aromatic N) is 2. The van der Waals surface area contributed by atoms with E-state index in [0.29, 0.717) is 40.7 Å². The van der Waals surface area contributed by atoms with Gasteiger partial charge in [-0.1, -0.05) is 38.2 Å². The minimum Gasteiger partial charge on any atom is -0.495 e. The summed E-state index contributed by atoms with van der Waals surface area (Å²) in [7, 11) is 1.60. The zero-order valence-electron chi connectivity index (χ0n) is 14.6. The fourth-order valence-electron chi connectivity index (χ4n) is 3.22. The summed E-state index contributed by atoms with van der Waals surface area (Å²) in [5.74, 6) is 1.35. The number of aromatic nitrogens is 1. The fraction of sp³-hybridized carbons (Fsp3) is 0.368. The van der Waals surface area contributed by atoms with E-state index >= 15 is 0 Å². The second kappa shape index (κ2) is 6.87. The van der Waals surface area contributed by atoms with Crippen LogP contribution in [-0.4, -0.2) is 17.8 Å². The van der Waals surface area contributed by atoms with Gasteiger partial charge in [-0.15, -0.1) is 0 Å². The van der Waals surface area contributed by atoms with Crippen LogP contribution in [-0.2, 0) is 17.8 Å². The molecule has 1 unspecified atom stereocenters. The molecule has 0 amide bonds. The molecule has 0 aliphatic carbocycles. The molecule has 0 saturated heterocycles. The predicted octanol–water partition coefficient (Wildman–Crippen LogP) is 3.77. The highest BCUT2D eigenvalue weighted by Crippen LogP contribution is 2.34. The lowest BCUT2D eigenvalue weighted by Crippen LogP contribution is -2.29. The van der Waals surface area contributed by atoms with Crippen molar-refractivity contribution in [1.82, 2.24) is 4.57 Å². The number of nitrogen functional groups attached to an aromatic ring is 1. The van der Waals surface area contributed by atoms with Crippen molar-refractivity contribution in [3.05, 3.63) is 45.6 Å². The summed E-state index contributed by atoms with van der Waals surface area (Å²) in [4.78, 5) is 0. The van der Waals surface area contributed by atoms with Crippen LogP contribution in [0, 0.1) is 21.9 Å². The van der Waals surface area contributed by atoms with E-state index in [0.717, 1.165) is 16.8 Å². The van der Waals surface area contributed by atoms with Crippen molar-refractivity contribution >= 4 is 18.0 Å². The predicted molar refractivity (Wildman–Crippen MR) is 99.4 cm³/mol. The van der Waals surface area contributed by atoms with Crippen molar-refractivity contribution in [2.24, 2.45) is 5.92 Å². The Balaban J connectivity index is 2.28. The first-order chi connectivity index (χ1) is 12.0. The van der Waals surface area contributed by atoms with Crippen molar-refractivity contribution in [3.8, 4) is 17.5 Å². The molecule has 2 heterocycles. The van der Waals surface area contributed by atoms with Gasteiger partial charge in [-0.05, 0) is 23.6 Å². The number of nitrogens with two attached hydrogens (primary N) is 1. The molecule has 3 rings (SSSR count). The van der Waals surface area contributed by atoms with Gasteiger partial charge in [0.25, 0.3) is 0 Å². The lowest BCUT2D eigenvalue weighted by molar-refractivity contribution is -0.000856. The Morgan fingerprint density at radius 2 is 2.08 bits per heavy atom. The molecule has 0 radical (unpaired) electrons. The molecule has 2 aromatic rings. The molecule has 1 aliphatic heterocycles. The minimum absolute atomic E-state index is 0.0653. The Kier molecular flexibility index (Phi) is 4.80. The number of nitriles is 1. The Morgan fingerprint density at radius 3 is 2.72 bits per heavy atom. The number of benzene rings is 1. The van der Waals surface area contributed by atoms with E-state index in [1.54, 1.807) is 11.7 Å². The van der Waals surface area contributed by atoms with Crippen LogP contribution in [0.4, 0.5) is 5.82 Å². The summed E-state index contributed by atoms with van der Waals surface area (Å²) in [6, 6.07) is 9.75. The molecule has 5 nitrogen and oxygen atoms in total. The Hall–Kier alpha value is -2.36. The average Bonchev–Trinajstić information content (AvgIpc) is 2.62. The largest absolute Gasteiger partial charge is 0.495 e. The quantitative estimate of drug-likeness (QED) is 0.849. The summed E-state index contributed by atoms with van der Waals surface area (Å²) in [6.45, 7) is 4.61. The van der Waals surface area contributed by atoms with Crippen molar-refractivity contribution in [3.63, 3.8) is 0 Å². The Labute approximate surface area is 152 Å². The number of fused-ring (bicyclic) bond motifs is 1. The Morgan fingerprint density at radius 1 is 1.36 bits per heavy atom. The van der Waals surface area contributed by atoms with Crippen LogP contribution in [0.5, 0.6) is 5.75 Å². The van der Waals surface area contributed by atoms with Crippen LogP contribution >= 0.6 is 12.2 Å². The van der Waals surface area contributed by atoms with Crippen LogP contribution in [0.3, 0.4) is 0 Å². The number of methoxy groups -OCH3 is 1. The molecule has 1 aliphatic rings. The molecule has 1 aromatic carbocycles. The standard InChI is InChI=1S/C19H21N3O2S/c1-11(2)17-8-12-13(9-20)18(21)22(19(25)14(12)10-24-17)15-6-4-5-7-16(15)23-3/h4-7,11,17H,8,10,21H2,1-3H3. The average molecular weight is 355 g/mol. The molecule has 1 atom stereocenters. The molecular formula is C19H21N3O2S. The summed E-state index contributed by atoms with van der Waals surface area (Å²) in [5, 5.41) is 9.74. The third-order valence-electron chi connectivity index (χ3n) is 4.65. The molecule has 0 fully saturated rings. The molecule has 1 aromatic heterocycles. The van der Waals surface area contributed by atoms with Crippen LogP contribution < -0.4 is 10.5 Å². The highest BCUT2D eigenvalue weighted by Gasteiger charge is 2.28. The maximum Gasteiger partial charge on any atom is 0.142 e. The smallest absolute Gasteiger partial charge is 0.142 e. The lowest BCUT2D eigenvalue weighted by atomic mass is 9.91. The Bertz CT molecular complexity index is 912. The van der Waals surface area contributed by atoms with Crippen LogP contribution in [0.25, 0.3) is 5.69 Å². The third kappa shape index (κ3) is 2.90. The molecule has 2 N–H and O–H groups in total. The van der Waals surface area contributed by atoms with E-state index in [1.165, 1.54) is 0 Å². The van der Waals surface area contributed by atoms with E-state index in [-0.39, 0.29) is 6.10 Å². The number of pyridine rings is 1. The number of ether oxygens (including phenoxy) is 2. The number of anilines is 1.